The number of rotatable bonds is 12. The minimum Gasteiger partial charge on any atom is -0.726 e. The lowest BCUT2D eigenvalue weighted by molar-refractivity contribution is -0.906. The van der Waals surface area contributed by atoms with Crippen LogP contribution in [0.3, 0.4) is 0 Å². The number of nitrogens with zero attached hydrogens (tertiary/aromatic N) is 1. The van der Waals surface area contributed by atoms with Gasteiger partial charge in [-0.2, -0.15) is 0 Å². The number of hydrogen-bond donors (Lipinski definition) is 0. The van der Waals surface area contributed by atoms with Crippen LogP contribution in [0.5, 0.6) is 5.75 Å². The SMILES string of the molecule is CC[N+](C)(CC)CCOc1c(C)cc(C(=O)CC(c2ccccc2)c2ccccc2)cc1C.COS(=O)(=O)[O-]. The minimum atomic E-state index is -4.41. The number of carbonyl (C=O) groups is 1. The molecule has 0 saturated carbocycles. The normalized spacial score (nSPS) is 11.6. The highest BCUT2D eigenvalue weighted by Crippen LogP contribution is 2.31. The van der Waals surface area contributed by atoms with E-state index < -0.39 is 10.4 Å². The second-order valence-electron chi connectivity index (χ2n) is 9.84. The number of likely N-dealkylation sites (N-methyl/N-ethyl adjacent to an activating group) is 1. The molecule has 8 heteroatoms. The number of hydrogen-bond acceptors (Lipinski definition) is 6. The van der Waals surface area contributed by atoms with Crippen LogP contribution < -0.4 is 4.74 Å². The van der Waals surface area contributed by atoms with Crippen molar-refractivity contribution in [3.05, 3.63) is 101 Å². The third kappa shape index (κ3) is 10.2. The van der Waals surface area contributed by atoms with Crippen molar-refractivity contribution in [2.24, 2.45) is 0 Å². The predicted octanol–water partition coefficient (Wildman–Crippen LogP) is 5.67. The van der Waals surface area contributed by atoms with E-state index in [0.29, 0.717) is 13.0 Å². The third-order valence-electron chi connectivity index (χ3n) is 7.18. The Morgan fingerprint density at radius 3 is 1.72 bits per heavy atom. The molecule has 0 N–H and O–H groups in total. The maximum Gasteiger partial charge on any atom is 0.217 e. The molecule has 0 atom stereocenters. The third-order valence-corrected chi connectivity index (χ3v) is 7.59. The molecule has 0 aliphatic heterocycles. The molecular weight excluding hydrogens is 514 g/mol. The molecule has 0 heterocycles. The van der Waals surface area contributed by atoms with Crippen LogP contribution in [0.15, 0.2) is 72.8 Å². The highest BCUT2D eigenvalue weighted by molar-refractivity contribution is 7.80. The van der Waals surface area contributed by atoms with Crippen LogP contribution in [0.1, 0.15) is 58.8 Å². The molecule has 0 spiro atoms. The molecule has 0 aliphatic carbocycles. The smallest absolute Gasteiger partial charge is 0.217 e. The summed E-state index contributed by atoms with van der Waals surface area (Å²) >= 11 is 0. The Balaban J connectivity index is 0.000000798. The van der Waals surface area contributed by atoms with E-state index in [4.69, 9.17) is 4.74 Å². The Labute approximate surface area is 233 Å². The molecule has 0 saturated heterocycles. The average molecular weight is 556 g/mol. The largest absolute Gasteiger partial charge is 0.726 e. The first-order chi connectivity index (χ1) is 18.4. The van der Waals surface area contributed by atoms with Gasteiger partial charge in [0.25, 0.3) is 0 Å². The minimum absolute atomic E-state index is 0.0370. The zero-order valence-corrected chi connectivity index (χ0v) is 24.7. The van der Waals surface area contributed by atoms with E-state index in [9.17, 15) is 17.8 Å². The quantitative estimate of drug-likeness (QED) is 0.124. The van der Waals surface area contributed by atoms with Crippen molar-refractivity contribution in [3.63, 3.8) is 0 Å². The highest BCUT2D eigenvalue weighted by Gasteiger charge is 2.21. The van der Waals surface area contributed by atoms with Gasteiger partial charge in [0.15, 0.2) is 5.78 Å². The van der Waals surface area contributed by atoms with Gasteiger partial charge in [-0.05, 0) is 62.1 Å². The summed E-state index contributed by atoms with van der Waals surface area (Å²) in [5.41, 5.74) is 5.14. The maximum absolute atomic E-state index is 13.4. The summed E-state index contributed by atoms with van der Waals surface area (Å²) in [5, 5.41) is 0. The molecule has 3 aromatic carbocycles. The zero-order valence-electron chi connectivity index (χ0n) is 23.8. The van der Waals surface area contributed by atoms with Gasteiger partial charge in [0, 0.05) is 17.9 Å². The van der Waals surface area contributed by atoms with Crippen LogP contribution in [-0.4, -0.2) is 63.6 Å². The fourth-order valence-electron chi connectivity index (χ4n) is 4.35. The van der Waals surface area contributed by atoms with Crippen molar-refractivity contribution in [1.29, 1.82) is 0 Å². The van der Waals surface area contributed by atoms with Crippen LogP contribution in [0.2, 0.25) is 0 Å². The van der Waals surface area contributed by atoms with Gasteiger partial charge in [-0.1, -0.05) is 60.7 Å². The molecule has 0 radical (unpaired) electrons. The van der Waals surface area contributed by atoms with Gasteiger partial charge in [0.2, 0.25) is 10.4 Å². The highest BCUT2D eigenvalue weighted by atomic mass is 32.3. The van der Waals surface area contributed by atoms with Crippen LogP contribution in [0.25, 0.3) is 0 Å². The van der Waals surface area contributed by atoms with Crippen molar-refractivity contribution >= 4 is 16.2 Å². The summed E-state index contributed by atoms with van der Waals surface area (Å²) in [4.78, 5) is 13.4. The average Bonchev–Trinajstić information content (AvgIpc) is 2.93. The number of carbonyl (C=O) groups excluding carboxylic acids is 1. The summed E-state index contributed by atoms with van der Waals surface area (Å²) in [5.74, 6) is 1.11. The van der Waals surface area contributed by atoms with E-state index in [1.807, 2.05) is 62.4 Å². The van der Waals surface area contributed by atoms with E-state index in [1.165, 1.54) is 11.1 Å². The first kappa shape index (κ1) is 32.2. The molecule has 7 nitrogen and oxygen atoms in total. The molecule has 0 amide bonds. The van der Waals surface area contributed by atoms with Gasteiger partial charge in [0.05, 0.1) is 27.2 Å². The fourth-order valence-corrected chi connectivity index (χ4v) is 4.35. The Morgan fingerprint density at radius 2 is 1.33 bits per heavy atom. The lowest BCUT2D eigenvalue weighted by Crippen LogP contribution is -2.46. The van der Waals surface area contributed by atoms with Crippen LogP contribution in [-0.2, 0) is 14.6 Å². The van der Waals surface area contributed by atoms with Gasteiger partial charge >= 0.3 is 0 Å². The summed E-state index contributed by atoms with van der Waals surface area (Å²) in [7, 11) is -1.34. The van der Waals surface area contributed by atoms with Crippen molar-refractivity contribution in [2.75, 3.05) is 40.4 Å². The molecule has 39 heavy (non-hydrogen) atoms. The zero-order chi connectivity index (χ0) is 29.1. The number of Topliss-reactive ketones (excluding diaryl/α,β-unsaturated/α-hetero) is 1. The Kier molecular flexibility index (Phi) is 12.3. The summed E-state index contributed by atoms with van der Waals surface area (Å²) < 4.78 is 38.2. The van der Waals surface area contributed by atoms with Gasteiger partial charge in [0.1, 0.15) is 18.9 Å². The van der Waals surface area contributed by atoms with Crippen molar-refractivity contribution in [3.8, 4) is 5.75 Å². The van der Waals surface area contributed by atoms with Crippen molar-refractivity contribution in [1.82, 2.24) is 0 Å². The summed E-state index contributed by atoms with van der Waals surface area (Å²) in [6.07, 6.45) is 0.440. The Bertz CT molecular complexity index is 1230. The Hall–Kier alpha value is -3.04. The van der Waals surface area contributed by atoms with Crippen molar-refractivity contribution in [2.45, 2.75) is 40.0 Å². The van der Waals surface area contributed by atoms with Gasteiger partial charge in [-0.3, -0.25) is 8.98 Å². The maximum atomic E-state index is 13.4. The Morgan fingerprint density at radius 1 is 0.897 bits per heavy atom. The second kappa shape index (κ2) is 14.9. The van der Waals surface area contributed by atoms with E-state index in [-0.39, 0.29) is 11.7 Å². The molecule has 0 aromatic heterocycles. The van der Waals surface area contributed by atoms with Crippen LogP contribution in [0.4, 0.5) is 0 Å². The number of quaternary nitrogens is 1. The predicted molar refractivity (Wildman–Crippen MR) is 154 cm³/mol. The molecule has 0 bridgehead atoms. The number of aryl methyl sites for hydroxylation is 2. The van der Waals surface area contributed by atoms with Gasteiger partial charge in [-0.15, -0.1) is 0 Å². The first-order valence-electron chi connectivity index (χ1n) is 13.1. The standard InChI is InChI=1S/C30H38NO2.CH4O4S/c1-6-31(5,7-2)18-19-33-30-23(3)20-27(21-24(30)4)29(32)22-28(25-14-10-8-11-15-25)26-16-12-9-13-17-26;1-5-6(2,3)4/h8-17,20-21,28H,6-7,18-19,22H2,1-5H3;1H3,(H,2,3,4)/q+1;/p-1. The van der Waals surface area contributed by atoms with Crippen LogP contribution in [0, 0.1) is 13.8 Å². The monoisotopic (exact) mass is 555 g/mol. The van der Waals surface area contributed by atoms with Crippen LogP contribution >= 0.6 is 0 Å². The van der Waals surface area contributed by atoms with Gasteiger partial charge in [-0.25, -0.2) is 8.42 Å². The molecule has 0 aliphatic rings. The molecule has 0 fully saturated rings. The lowest BCUT2D eigenvalue weighted by Gasteiger charge is -2.32. The second-order valence-corrected chi connectivity index (χ2v) is 11.0. The molecule has 3 rings (SSSR count). The summed E-state index contributed by atoms with van der Waals surface area (Å²) in [6.45, 7) is 12.4. The van der Waals surface area contributed by atoms with E-state index in [1.54, 1.807) is 0 Å². The number of ether oxygens (including phenoxy) is 1. The number of ketones is 1. The van der Waals surface area contributed by atoms with E-state index in [2.05, 4.69) is 49.3 Å². The summed E-state index contributed by atoms with van der Waals surface area (Å²) in [6, 6.07) is 24.6. The molecule has 0 unspecified atom stereocenters. The topological polar surface area (TPSA) is 92.7 Å². The molecular formula is C31H41NO6S. The lowest BCUT2D eigenvalue weighted by atomic mass is 9.85. The first-order valence-corrected chi connectivity index (χ1v) is 14.5. The number of benzene rings is 3. The van der Waals surface area contributed by atoms with Crippen molar-refractivity contribution < 1.29 is 31.2 Å². The molecule has 212 valence electrons. The van der Waals surface area contributed by atoms with E-state index in [0.717, 1.165) is 53.7 Å². The van der Waals surface area contributed by atoms with E-state index >= 15 is 0 Å². The fraction of sp³-hybridized carbons (Fsp3) is 0.387. The molecule has 3 aromatic rings. The van der Waals surface area contributed by atoms with Gasteiger partial charge < -0.3 is 13.8 Å².